The van der Waals surface area contributed by atoms with Gasteiger partial charge in [-0.1, -0.05) is 43.3 Å². The van der Waals surface area contributed by atoms with Crippen molar-refractivity contribution in [3.05, 3.63) is 35.7 Å². The van der Waals surface area contributed by atoms with Crippen LogP contribution in [0.25, 0.3) is 11.4 Å². The summed E-state index contributed by atoms with van der Waals surface area (Å²) in [6.07, 6.45) is 3.73. The number of hydrogen-bond donors (Lipinski definition) is 1. The Morgan fingerprint density at radius 3 is 2.63 bits per heavy atom. The number of aromatic nitrogens is 2. The predicted molar refractivity (Wildman–Crippen MR) is 105 cm³/mol. The van der Waals surface area contributed by atoms with E-state index in [9.17, 15) is 4.79 Å². The van der Waals surface area contributed by atoms with Gasteiger partial charge in [0.1, 0.15) is 0 Å². The first-order valence-corrected chi connectivity index (χ1v) is 10.0. The molecule has 0 atom stereocenters. The fourth-order valence-corrected chi connectivity index (χ4v) is 3.61. The van der Waals surface area contributed by atoms with Crippen molar-refractivity contribution in [2.75, 3.05) is 13.1 Å². The molecule has 6 heteroatoms. The average molecular weight is 370 g/mol. The summed E-state index contributed by atoms with van der Waals surface area (Å²) in [4.78, 5) is 19.3. The summed E-state index contributed by atoms with van der Waals surface area (Å²) in [6, 6.07) is 8.34. The van der Waals surface area contributed by atoms with E-state index in [2.05, 4.69) is 34.2 Å². The van der Waals surface area contributed by atoms with E-state index in [0.29, 0.717) is 24.3 Å². The maximum absolute atomic E-state index is 12.4. The van der Waals surface area contributed by atoms with Crippen molar-refractivity contribution in [3.8, 4) is 11.4 Å². The first-order chi connectivity index (χ1) is 13.1. The normalized spacial score (nSPS) is 16.0. The summed E-state index contributed by atoms with van der Waals surface area (Å²) in [5.74, 6) is 1.60. The summed E-state index contributed by atoms with van der Waals surface area (Å²) in [7, 11) is 0. The largest absolute Gasteiger partial charge is 0.353 e. The molecule has 1 aromatic heterocycles. The number of benzene rings is 1. The van der Waals surface area contributed by atoms with Crippen molar-refractivity contribution < 1.29 is 9.32 Å². The minimum Gasteiger partial charge on any atom is -0.353 e. The van der Waals surface area contributed by atoms with Gasteiger partial charge in [0.25, 0.3) is 0 Å². The molecule has 2 heterocycles. The molecule has 27 heavy (non-hydrogen) atoms. The van der Waals surface area contributed by atoms with Crippen molar-refractivity contribution in [2.45, 2.75) is 59.0 Å². The lowest BCUT2D eigenvalue weighted by Gasteiger charge is -2.31. The second-order valence-corrected chi connectivity index (χ2v) is 7.40. The topological polar surface area (TPSA) is 71.3 Å². The van der Waals surface area contributed by atoms with Crippen LogP contribution in [0, 0.1) is 12.8 Å². The van der Waals surface area contributed by atoms with E-state index in [0.717, 1.165) is 49.9 Å². The lowest BCUT2D eigenvalue weighted by atomic mass is 9.95. The van der Waals surface area contributed by atoms with E-state index in [-0.39, 0.29) is 11.8 Å². The molecule has 0 spiro atoms. The van der Waals surface area contributed by atoms with Gasteiger partial charge in [0.05, 0.1) is 6.54 Å². The Hall–Kier alpha value is -2.21. The van der Waals surface area contributed by atoms with Gasteiger partial charge in [-0.05, 0) is 51.3 Å². The fraction of sp³-hybridized carbons (Fsp3) is 0.571. The Kier molecular flexibility index (Phi) is 6.61. The molecule has 6 nitrogen and oxygen atoms in total. The van der Waals surface area contributed by atoms with Gasteiger partial charge < -0.3 is 9.84 Å². The Morgan fingerprint density at radius 1 is 1.26 bits per heavy atom. The quantitative estimate of drug-likeness (QED) is 0.807. The molecule has 3 rings (SSSR count). The smallest absolute Gasteiger partial charge is 0.241 e. The lowest BCUT2D eigenvalue weighted by Crippen LogP contribution is -2.43. The maximum Gasteiger partial charge on any atom is 0.241 e. The highest BCUT2D eigenvalue weighted by atomic mass is 16.5. The summed E-state index contributed by atoms with van der Waals surface area (Å²) in [6.45, 7) is 8.67. The minimum atomic E-state index is 0.118. The van der Waals surface area contributed by atoms with Gasteiger partial charge in [0, 0.05) is 17.5 Å². The number of piperidine rings is 1. The van der Waals surface area contributed by atoms with Gasteiger partial charge in [0.2, 0.25) is 17.6 Å². The molecule has 0 aliphatic carbocycles. The van der Waals surface area contributed by atoms with Gasteiger partial charge >= 0.3 is 0 Å². The van der Waals surface area contributed by atoms with Gasteiger partial charge in [-0.2, -0.15) is 4.98 Å². The van der Waals surface area contributed by atoms with Crippen LogP contribution in [-0.2, 0) is 11.3 Å². The van der Waals surface area contributed by atoms with E-state index in [1.807, 2.05) is 31.2 Å². The summed E-state index contributed by atoms with van der Waals surface area (Å²) >= 11 is 0. The van der Waals surface area contributed by atoms with E-state index >= 15 is 0 Å². The Balaban J connectivity index is 1.51. The number of carbonyl (C=O) groups is 1. The Bertz CT molecular complexity index is 746. The first kappa shape index (κ1) is 19.5. The van der Waals surface area contributed by atoms with Gasteiger partial charge in [-0.25, -0.2) is 0 Å². The molecule has 1 saturated heterocycles. The molecule has 1 aromatic carbocycles. The molecule has 1 amide bonds. The summed E-state index contributed by atoms with van der Waals surface area (Å²) in [5, 5.41) is 7.31. The molecule has 0 saturated carbocycles. The van der Waals surface area contributed by atoms with Crippen molar-refractivity contribution >= 4 is 5.91 Å². The molecule has 0 unspecified atom stereocenters. The highest BCUT2D eigenvalue weighted by Gasteiger charge is 2.26. The van der Waals surface area contributed by atoms with Crippen molar-refractivity contribution in [1.29, 1.82) is 0 Å². The van der Waals surface area contributed by atoms with Crippen LogP contribution in [0.3, 0.4) is 0 Å². The number of carbonyl (C=O) groups excluding carboxylic acids is 1. The molecule has 0 radical (unpaired) electrons. The fourth-order valence-electron chi connectivity index (χ4n) is 3.61. The SMILES string of the molecule is CCC(CC)NC(=O)C1CCN(Cc2nc(-c3ccccc3C)no2)CC1. The van der Waals surface area contributed by atoms with Crippen molar-refractivity contribution in [2.24, 2.45) is 5.92 Å². The summed E-state index contributed by atoms with van der Waals surface area (Å²) in [5.41, 5.74) is 2.14. The number of nitrogens with one attached hydrogen (secondary N) is 1. The van der Waals surface area contributed by atoms with Crippen LogP contribution in [-0.4, -0.2) is 40.1 Å². The second-order valence-electron chi connectivity index (χ2n) is 7.40. The molecule has 146 valence electrons. The molecule has 1 N–H and O–H groups in total. The van der Waals surface area contributed by atoms with Crippen LogP contribution in [0.15, 0.2) is 28.8 Å². The van der Waals surface area contributed by atoms with E-state index < -0.39 is 0 Å². The van der Waals surface area contributed by atoms with Crippen LogP contribution in [0.2, 0.25) is 0 Å². The predicted octanol–water partition coefficient (Wildman–Crippen LogP) is 3.56. The lowest BCUT2D eigenvalue weighted by molar-refractivity contribution is -0.127. The number of hydrogen-bond acceptors (Lipinski definition) is 5. The van der Waals surface area contributed by atoms with Gasteiger partial charge in [-0.15, -0.1) is 0 Å². The van der Waals surface area contributed by atoms with Crippen LogP contribution >= 0.6 is 0 Å². The Labute approximate surface area is 161 Å². The Morgan fingerprint density at radius 2 is 1.96 bits per heavy atom. The van der Waals surface area contributed by atoms with E-state index in [4.69, 9.17) is 4.52 Å². The average Bonchev–Trinajstić information content (AvgIpc) is 3.15. The number of amides is 1. The second kappa shape index (κ2) is 9.13. The van der Waals surface area contributed by atoms with Crippen LogP contribution in [0.5, 0.6) is 0 Å². The van der Waals surface area contributed by atoms with Gasteiger partial charge in [0.15, 0.2) is 0 Å². The highest BCUT2D eigenvalue weighted by molar-refractivity contribution is 5.79. The minimum absolute atomic E-state index is 0.118. The van der Waals surface area contributed by atoms with E-state index in [1.54, 1.807) is 0 Å². The molecule has 0 bridgehead atoms. The maximum atomic E-state index is 12.4. The summed E-state index contributed by atoms with van der Waals surface area (Å²) < 4.78 is 5.45. The number of rotatable bonds is 7. The number of aryl methyl sites for hydroxylation is 1. The molecule has 1 aliphatic heterocycles. The van der Waals surface area contributed by atoms with Crippen LogP contribution in [0.1, 0.15) is 51.0 Å². The van der Waals surface area contributed by atoms with E-state index in [1.165, 1.54) is 0 Å². The van der Waals surface area contributed by atoms with Crippen LogP contribution < -0.4 is 5.32 Å². The first-order valence-electron chi connectivity index (χ1n) is 10.0. The molecule has 1 aliphatic rings. The third kappa shape index (κ3) is 4.95. The molecular formula is C21H30N4O2. The molecular weight excluding hydrogens is 340 g/mol. The van der Waals surface area contributed by atoms with Gasteiger partial charge in [-0.3, -0.25) is 9.69 Å². The van der Waals surface area contributed by atoms with Crippen molar-refractivity contribution in [3.63, 3.8) is 0 Å². The van der Waals surface area contributed by atoms with Crippen molar-refractivity contribution in [1.82, 2.24) is 20.4 Å². The zero-order valence-electron chi connectivity index (χ0n) is 16.6. The third-order valence-electron chi connectivity index (χ3n) is 5.50. The monoisotopic (exact) mass is 370 g/mol. The number of likely N-dealkylation sites (tertiary alicyclic amines) is 1. The standard InChI is InChI=1S/C21H30N4O2/c1-4-17(5-2)22-21(26)16-10-12-25(13-11-16)14-19-23-20(24-27-19)18-9-7-6-8-15(18)3/h6-9,16-17H,4-5,10-14H2,1-3H3,(H,22,26). The highest BCUT2D eigenvalue weighted by Crippen LogP contribution is 2.22. The molecule has 2 aromatic rings. The zero-order chi connectivity index (χ0) is 19.2. The molecule has 1 fully saturated rings. The number of nitrogens with zero attached hydrogens (tertiary/aromatic N) is 3. The van der Waals surface area contributed by atoms with Crippen LogP contribution in [0.4, 0.5) is 0 Å². The third-order valence-corrected chi connectivity index (χ3v) is 5.50. The zero-order valence-corrected chi connectivity index (χ0v) is 16.6.